The van der Waals surface area contributed by atoms with E-state index in [9.17, 15) is 9.59 Å². The average Bonchev–Trinajstić information content (AvgIpc) is 2.71. The van der Waals surface area contributed by atoms with Gasteiger partial charge in [-0.1, -0.05) is 12.1 Å². The zero-order valence-electron chi connectivity index (χ0n) is 16.0. The molecule has 0 bridgehead atoms. The Labute approximate surface area is 163 Å². The molecule has 0 aromatic heterocycles. The minimum absolute atomic E-state index is 0.215. The molecule has 2 aromatic carbocycles. The molecule has 0 radical (unpaired) electrons. The molecule has 0 unspecified atom stereocenters. The lowest BCUT2D eigenvalue weighted by atomic mass is 10.1. The number of hydrogen-bond acceptors (Lipinski definition) is 5. The number of nitrogens with zero attached hydrogens (tertiary/aromatic N) is 1. The van der Waals surface area contributed by atoms with Crippen LogP contribution in [0.3, 0.4) is 0 Å². The molecule has 2 N–H and O–H groups in total. The fraction of sp³-hybridized carbons (Fsp3) is 0.300. The Morgan fingerprint density at radius 3 is 2.64 bits per heavy atom. The maximum atomic E-state index is 12.3. The third-order valence-corrected chi connectivity index (χ3v) is 4.15. The van der Waals surface area contributed by atoms with Crippen LogP contribution in [0.1, 0.15) is 10.4 Å². The predicted molar refractivity (Wildman–Crippen MR) is 104 cm³/mol. The smallest absolute Gasteiger partial charge is 0.319 e. The second-order valence-electron chi connectivity index (χ2n) is 6.45. The Hall–Kier alpha value is -3.42. The maximum absolute atomic E-state index is 12.3. The van der Waals surface area contributed by atoms with E-state index in [1.54, 1.807) is 32.3 Å². The number of carbonyl (C=O) groups is 2. The number of methoxy groups -OCH3 is 1. The van der Waals surface area contributed by atoms with Gasteiger partial charge in [0, 0.05) is 19.8 Å². The van der Waals surface area contributed by atoms with E-state index >= 15 is 0 Å². The Bertz CT molecular complexity index is 869. The van der Waals surface area contributed by atoms with Gasteiger partial charge in [-0.25, -0.2) is 4.79 Å². The lowest BCUT2D eigenvalue weighted by molar-refractivity contribution is 0.0824. The van der Waals surface area contributed by atoms with E-state index in [1.807, 2.05) is 24.3 Å². The van der Waals surface area contributed by atoms with E-state index in [-0.39, 0.29) is 18.6 Å². The van der Waals surface area contributed by atoms with Gasteiger partial charge in [-0.2, -0.15) is 0 Å². The quantitative estimate of drug-likeness (QED) is 0.825. The highest BCUT2D eigenvalue weighted by Gasteiger charge is 2.21. The summed E-state index contributed by atoms with van der Waals surface area (Å²) in [5.74, 6) is 1.57. The van der Waals surface area contributed by atoms with Crippen LogP contribution in [-0.2, 0) is 0 Å². The summed E-state index contributed by atoms with van der Waals surface area (Å²) in [4.78, 5) is 26.0. The van der Waals surface area contributed by atoms with Gasteiger partial charge in [0.05, 0.1) is 19.2 Å². The first-order valence-corrected chi connectivity index (χ1v) is 8.81. The minimum atomic E-state index is -0.407. The molecule has 2 aromatic rings. The van der Waals surface area contributed by atoms with Crippen molar-refractivity contribution in [1.29, 1.82) is 0 Å². The molecular formula is C20H23N3O5. The first-order chi connectivity index (χ1) is 13.5. The summed E-state index contributed by atoms with van der Waals surface area (Å²) >= 11 is 0. The van der Waals surface area contributed by atoms with Crippen molar-refractivity contribution in [3.8, 4) is 17.2 Å². The van der Waals surface area contributed by atoms with Crippen LogP contribution in [0.15, 0.2) is 42.5 Å². The number of urea groups is 1. The Morgan fingerprint density at radius 1 is 1.18 bits per heavy atom. The number of fused-ring (bicyclic) bond motifs is 1. The van der Waals surface area contributed by atoms with Gasteiger partial charge in [-0.15, -0.1) is 0 Å². The average molecular weight is 385 g/mol. The van der Waals surface area contributed by atoms with Crippen LogP contribution in [0.4, 0.5) is 10.5 Å². The van der Waals surface area contributed by atoms with Crippen molar-refractivity contribution < 1.29 is 23.8 Å². The van der Waals surface area contributed by atoms with Crippen molar-refractivity contribution in [3.05, 3.63) is 48.0 Å². The number of anilines is 1. The van der Waals surface area contributed by atoms with Crippen LogP contribution < -0.4 is 24.8 Å². The van der Waals surface area contributed by atoms with Crippen LogP contribution in [0.25, 0.3) is 0 Å². The highest BCUT2D eigenvalue weighted by Crippen LogP contribution is 2.30. The molecule has 3 amide bonds. The molecule has 8 nitrogen and oxygen atoms in total. The summed E-state index contributed by atoms with van der Waals surface area (Å²) in [7, 11) is 4.80. The second-order valence-corrected chi connectivity index (χ2v) is 6.45. The highest BCUT2D eigenvalue weighted by molar-refractivity contribution is 5.99. The Kier molecular flexibility index (Phi) is 5.88. The van der Waals surface area contributed by atoms with Gasteiger partial charge in [0.1, 0.15) is 12.4 Å². The highest BCUT2D eigenvalue weighted by atomic mass is 16.6. The van der Waals surface area contributed by atoms with Crippen molar-refractivity contribution in [2.75, 3.05) is 39.7 Å². The summed E-state index contributed by atoms with van der Waals surface area (Å²) in [5, 5.41) is 5.46. The van der Waals surface area contributed by atoms with Crippen LogP contribution in [0.2, 0.25) is 0 Å². The van der Waals surface area contributed by atoms with E-state index in [2.05, 4.69) is 10.6 Å². The Balaban J connectivity index is 1.58. The van der Waals surface area contributed by atoms with Gasteiger partial charge in [-0.05, 0) is 30.3 Å². The molecule has 3 rings (SSSR count). The van der Waals surface area contributed by atoms with Gasteiger partial charge in [-0.3, -0.25) is 4.79 Å². The zero-order valence-corrected chi connectivity index (χ0v) is 16.0. The second kappa shape index (κ2) is 8.51. The lowest BCUT2D eigenvalue weighted by Crippen LogP contribution is -2.42. The molecule has 0 aliphatic carbocycles. The first-order valence-electron chi connectivity index (χ1n) is 8.81. The van der Waals surface area contributed by atoms with Crippen molar-refractivity contribution >= 4 is 17.6 Å². The van der Waals surface area contributed by atoms with Crippen LogP contribution in [0, 0.1) is 0 Å². The summed E-state index contributed by atoms with van der Waals surface area (Å²) in [6, 6.07) is 11.9. The van der Waals surface area contributed by atoms with Crippen molar-refractivity contribution in [1.82, 2.24) is 10.2 Å². The minimum Gasteiger partial charge on any atom is -0.496 e. The van der Waals surface area contributed by atoms with E-state index < -0.39 is 6.03 Å². The van der Waals surface area contributed by atoms with Crippen LogP contribution >= 0.6 is 0 Å². The maximum Gasteiger partial charge on any atom is 0.319 e. The van der Waals surface area contributed by atoms with Crippen LogP contribution in [-0.4, -0.2) is 57.3 Å². The number of rotatable bonds is 5. The third kappa shape index (κ3) is 4.46. The SMILES string of the molecule is COc1ccc(NC(=O)NC[C@@H]2COc3ccccc3O2)cc1C(=O)N(C)C. The Morgan fingerprint density at radius 2 is 1.93 bits per heavy atom. The number of amides is 3. The fourth-order valence-corrected chi connectivity index (χ4v) is 2.74. The number of benzene rings is 2. The largest absolute Gasteiger partial charge is 0.496 e. The van der Waals surface area contributed by atoms with E-state index in [0.29, 0.717) is 35.1 Å². The van der Waals surface area contributed by atoms with Crippen molar-refractivity contribution in [3.63, 3.8) is 0 Å². The molecule has 0 fully saturated rings. The van der Waals surface area contributed by atoms with Crippen LogP contribution in [0.5, 0.6) is 17.2 Å². The van der Waals surface area contributed by atoms with Crippen molar-refractivity contribution in [2.45, 2.75) is 6.10 Å². The van der Waals surface area contributed by atoms with E-state index in [0.717, 1.165) is 0 Å². The summed E-state index contributed by atoms with van der Waals surface area (Å²) in [5.41, 5.74) is 0.848. The van der Waals surface area contributed by atoms with E-state index in [4.69, 9.17) is 14.2 Å². The number of para-hydroxylation sites is 2. The summed E-state index contributed by atoms with van der Waals surface area (Å²) in [6.07, 6.45) is -0.289. The summed E-state index contributed by atoms with van der Waals surface area (Å²) < 4.78 is 16.7. The van der Waals surface area contributed by atoms with Gasteiger partial charge >= 0.3 is 6.03 Å². The third-order valence-electron chi connectivity index (χ3n) is 4.15. The normalized spacial score (nSPS) is 14.8. The molecule has 1 aliphatic rings. The lowest BCUT2D eigenvalue weighted by Gasteiger charge is -2.26. The fourth-order valence-electron chi connectivity index (χ4n) is 2.74. The van der Waals surface area contributed by atoms with Gasteiger partial charge in [0.2, 0.25) is 0 Å². The first kappa shape index (κ1) is 19.3. The molecule has 1 aliphatic heterocycles. The standard InChI is InChI=1S/C20H23N3O5/c1-23(2)19(24)15-10-13(8-9-16(15)26-3)22-20(25)21-11-14-12-27-17-6-4-5-7-18(17)28-14/h4-10,14H,11-12H2,1-3H3,(H2,21,22,25)/t14-/m1/s1. The molecule has 0 saturated heterocycles. The van der Waals surface area contributed by atoms with E-state index in [1.165, 1.54) is 12.0 Å². The molecule has 28 heavy (non-hydrogen) atoms. The predicted octanol–water partition coefficient (Wildman–Crippen LogP) is 2.36. The molecule has 0 spiro atoms. The van der Waals surface area contributed by atoms with Crippen molar-refractivity contribution in [2.24, 2.45) is 0 Å². The number of nitrogens with one attached hydrogen (secondary N) is 2. The summed E-state index contributed by atoms with van der Waals surface area (Å²) in [6.45, 7) is 0.626. The molecular weight excluding hydrogens is 362 g/mol. The van der Waals surface area contributed by atoms with Gasteiger partial charge in [0.15, 0.2) is 17.6 Å². The number of hydrogen-bond donors (Lipinski definition) is 2. The molecule has 148 valence electrons. The monoisotopic (exact) mass is 385 g/mol. The number of ether oxygens (including phenoxy) is 3. The topological polar surface area (TPSA) is 89.1 Å². The molecule has 8 heteroatoms. The number of carbonyl (C=O) groups excluding carboxylic acids is 2. The molecule has 0 saturated carbocycles. The van der Waals surface area contributed by atoms with Gasteiger partial charge in [0.25, 0.3) is 5.91 Å². The zero-order chi connectivity index (χ0) is 20.1. The molecule has 1 heterocycles. The molecule has 1 atom stereocenters. The van der Waals surface area contributed by atoms with Gasteiger partial charge < -0.3 is 29.7 Å².